The van der Waals surface area contributed by atoms with Gasteiger partial charge in [0, 0.05) is 48.9 Å². The van der Waals surface area contributed by atoms with Crippen LogP contribution in [-0.2, 0) is 11.2 Å². The highest BCUT2D eigenvalue weighted by Gasteiger charge is 2.39. The van der Waals surface area contributed by atoms with E-state index in [9.17, 15) is 0 Å². The van der Waals surface area contributed by atoms with Gasteiger partial charge in [0.2, 0.25) is 0 Å². The average molecular weight is 540 g/mol. The van der Waals surface area contributed by atoms with Gasteiger partial charge in [0.05, 0.1) is 6.54 Å². The first-order valence-corrected chi connectivity index (χ1v) is 11.6. The van der Waals surface area contributed by atoms with Crippen LogP contribution < -0.4 is 10.6 Å². The molecular weight excluding hydrogens is 501 g/mol. The number of halogens is 1. The SMILES string of the molecule is CCNC(=NCC1(N2CCCC2)CCOCC1)NCCc1c[nH]c2c(C)cccc12.I. The molecule has 4 rings (SSSR count). The number of hydrogen-bond acceptors (Lipinski definition) is 3. The fraction of sp³-hybridized carbons (Fsp3) is 0.625. The molecule has 3 heterocycles. The van der Waals surface area contributed by atoms with Gasteiger partial charge in [-0.3, -0.25) is 9.89 Å². The van der Waals surface area contributed by atoms with Gasteiger partial charge in [0.15, 0.2) is 5.96 Å². The van der Waals surface area contributed by atoms with Gasteiger partial charge in [0.25, 0.3) is 0 Å². The zero-order chi connectivity index (χ0) is 20.8. The van der Waals surface area contributed by atoms with Crippen LogP contribution in [0.1, 0.15) is 43.7 Å². The van der Waals surface area contributed by atoms with Gasteiger partial charge in [-0.15, -0.1) is 24.0 Å². The molecule has 2 aromatic rings. The lowest BCUT2D eigenvalue weighted by atomic mass is 9.88. The minimum atomic E-state index is 0. The summed E-state index contributed by atoms with van der Waals surface area (Å²) in [6, 6.07) is 6.50. The summed E-state index contributed by atoms with van der Waals surface area (Å²) >= 11 is 0. The zero-order valence-electron chi connectivity index (χ0n) is 19.0. The van der Waals surface area contributed by atoms with Crippen LogP contribution in [0.15, 0.2) is 29.4 Å². The van der Waals surface area contributed by atoms with Crippen LogP contribution in [0.4, 0.5) is 0 Å². The Morgan fingerprint density at radius 1 is 1.19 bits per heavy atom. The maximum atomic E-state index is 5.68. The van der Waals surface area contributed by atoms with E-state index in [1.165, 1.54) is 48.0 Å². The number of H-pyrrole nitrogens is 1. The maximum absolute atomic E-state index is 5.68. The molecule has 31 heavy (non-hydrogen) atoms. The number of benzene rings is 1. The van der Waals surface area contributed by atoms with Crippen molar-refractivity contribution < 1.29 is 4.74 Å². The Balaban J connectivity index is 0.00000272. The molecule has 1 aromatic heterocycles. The number of aryl methyl sites for hydroxylation is 1. The van der Waals surface area contributed by atoms with Crippen molar-refractivity contribution >= 4 is 40.8 Å². The fourth-order valence-corrected chi connectivity index (χ4v) is 4.97. The second-order valence-electron chi connectivity index (χ2n) is 8.71. The number of ether oxygens (including phenoxy) is 1. The summed E-state index contributed by atoms with van der Waals surface area (Å²) in [4.78, 5) is 11.1. The minimum absolute atomic E-state index is 0. The number of aromatic nitrogens is 1. The first kappa shape index (κ1) is 24.3. The highest BCUT2D eigenvalue weighted by molar-refractivity contribution is 14.0. The highest BCUT2D eigenvalue weighted by Crippen LogP contribution is 2.31. The van der Waals surface area contributed by atoms with Crippen LogP contribution in [0.5, 0.6) is 0 Å². The summed E-state index contributed by atoms with van der Waals surface area (Å²) in [7, 11) is 0. The molecule has 0 radical (unpaired) electrons. The predicted molar refractivity (Wildman–Crippen MR) is 140 cm³/mol. The van der Waals surface area contributed by atoms with Gasteiger partial charge < -0.3 is 20.4 Å². The molecular formula is C24H38IN5O. The summed E-state index contributed by atoms with van der Waals surface area (Å²) in [6.45, 7) is 11.0. The molecule has 7 heteroatoms. The topological polar surface area (TPSA) is 64.7 Å². The normalized spacial score (nSPS) is 19.4. The molecule has 0 amide bonds. The molecule has 6 nitrogen and oxygen atoms in total. The summed E-state index contributed by atoms with van der Waals surface area (Å²) in [5.74, 6) is 0.929. The Labute approximate surface area is 203 Å². The second-order valence-corrected chi connectivity index (χ2v) is 8.71. The lowest BCUT2D eigenvalue weighted by Gasteiger charge is -2.43. The van der Waals surface area contributed by atoms with E-state index in [-0.39, 0.29) is 29.5 Å². The van der Waals surface area contributed by atoms with Crippen LogP contribution in [0, 0.1) is 6.92 Å². The summed E-state index contributed by atoms with van der Waals surface area (Å²) in [5, 5.41) is 8.33. The Kier molecular flexibility index (Phi) is 9.04. The number of nitrogens with zero attached hydrogens (tertiary/aromatic N) is 2. The van der Waals surface area contributed by atoms with E-state index in [1.54, 1.807) is 0 Å². The number of aliphatic imine (C=N–C) groups is 1. The smallest absolute Gasteiger partial charge is 0.191 e. The third-order valence-electron chi connectivity index (χ3n) is 6.77. The van der Waals surface area contributed by atoms with E-state index in [0.717, 1.165) is 58.1 Å². The van der Waals surface area contributed by atoms with Crippen molar-refractivity contribution in [2.24, 2.45) is 4.99 Å². The van der Waals surface area contributed by atoms with Crippen molar-refractivity contribution in [3.8, 4) is 0 Å². The average Bonchev–Trinajstić information content (AvgIpc) is 3.44. The fourth-order valence-electron chi connectivity index (χ4n) is 4.97. The number of aromatic amines is 1. The monoisotopic (exact) mass is 539 g/mol. The summed E-state index contributed by atoms with van der Waals surface area (Å²) in [6.07, 6.45) is 7.92. The number of rotatable bonds is 7. The molecule has 3 N–H and O–H groups in total. The molecule has 0 unspecified atom stereocenters. The summed E-state index contributed by atoms with van der Waals surface area (Å²) in [5.41, 5.74) is 4.08. The van der Waals surface area contributed by atoms with Crippen LogP contribution in [0.2, 0.25) is 0 Å². The van der Waals surface area contributed by atoms with E-state index in [1.807, 2.05) is 0 Å². The molecule has 2 aliphatic rings. The number of likely N-dealkylation sites (tertiary alicyclic amines) is 1. The molecule has 0 atom stereocenters. The number of guanidine groups is 1. The lowest BCUT2D eigenvalue weighted by Crippen LogP contribution is -2.54. The second kappa shape index (κ2) is 11.5. The van der Waals surface area contributed by atoms with E-state index >= 15 is 0 Å². The number of nitrogens with one attached hydrogen (secondary N) is 3. The lowest BCUT2D eigenvalue weighted by molar-refractivity contribution is -0.0139. The van der Waals surface area contributed by atoms with Gasteiger partial charge in [-0.25, -0.2) is 0 Å². The van der Waals surface area contributed by atoms with Gasteiger partial charge >= 0.3 is 0 Å². The number of fused-ring (bicyclic) bond motifs is 1. The van der Waals surface area contributed by atoms with Crippen molar-refractivity contribution in [1.29, 1.82) is 0 Å². The van der Waals surface area contributed by atoms with E-state index in [4.69, 9.17) is 9.73 Å². The quantitative estimate of drug-likeness (QED) is 0.284. The van der Waals surface area contributed by atoms with Crippen LogP contribution >= 0.6 is 24.0 Å². The van der Waals surface area contributed by atoms with Crippen LogP contribution in [-0.4, -0.2) is 67.3 Å². The minimum Gasteiger partial charge on any atom is -0.381 e. The third-order valence-corrected chi connectivity index (χ3v) is 6.77. The third kappa shape index (κ3) is 5.73. The molecule has 1 aromatic carbocycles. The highest BCUT2D eigenvalue weighted by atomic mass is 127. The zero-order valence-corrected chi connectivity index (χ0v) is 21.3. The Hall–Kier alpha value is -1.32. The Bertz CT molecular complexity index is 853. The van der Waals surface area contributed by atoms with Crippen molar-refractivity contribution in [2.75, 3.05) is 45.9 Å². The van der Waals surface area contributed by atoms with E-state index < -0.39 is 0 Å². The maximum Gasteiger partial charge on any atom is 0.191 e. The molecule has 0 aliphatic carbocycles. The van der Waals surface area contributed by atoms with Crippen LogP contribution in [0.3, 0.4) is 0 Å². The molecule has 0 bridgehead atoms. The van der Waals surface area contributed by atoms with E-state index in [2.05, 4.69) is 58.8 Å². The van der Waals surface area contributed by atoms with Gasteiger partial charge in [0.1, 0.15) is 0 Å². The summed E-state index contributed by atoms with van der Waals surface area (Å²) < 4.78 is 5.68. The number of para-hydroxylation sites is 1. The molecule has 2 saturated heterocycles. The van der Waals surface area contributed by atoms with Gasteiger partial charge in [-0.05, 0) is 70.2 Å². The molecule has 0 spiro atoms. The standard InChI is InChI=1S/C24H37N5O.HI/c1-3-25-23(26-12-9-20-17-27-22-19(2)7-6-8-21(20)22)28-18-24(10-15-30-16-11-24)29-13-4-5-14-29;/h6-8,17,27H,3-5,9-16,18H2,1-2H3,(H2,25,26,28);1H. The molecule has 172 valence electrons. The first-order valence-electron chi connectivity index (χ1n) is 11.6. The molecule has 0 saturated carbocycles. The Morgan fingerprint density at radius 3 is 2.71 bits per heavy atom. The largest absolute Gasteiger partial charge is 0.381 e. The van der Waals surface area contributed by atoms with Crippen molar-refractivity contribution in [3.05, 3.63) is 35.5 Å². The van der Waals surface area contributed by atoms with Gasteiger partial charge in [-0.1, -0.05) is 18.2 Å². The molecule has 2 fully saturated rings. The van der Waals surface area contributed by atoms with Crippen molar-refractivity contribution in [3.63, 3.8) is 0 Å². The molecule has 2 aliphatic heterocycles. The predicted octanol–water partition coefficient (Wildman–Crippen LogP) is 3.84. The van der Waals surface area contributed by atoms with Crippen molar-refractivity contribution in [1.82, 2.24) is 20.5 Å². The van der Waals surface area contributed by atoms with Crippen LogP contribution in [0.25, 0.3) is 10.9 Å². The number of hydrogen-bond donors (Lipinski definition) is 3. The Morgan fingerprint density at radius 2 is 1.97 bits per heavy atom. The van der Waals surface area contributed by atoms with Crippen molar-refractivity contribution in [2.45, 2.75) is 51.5 Å². The van der Waals surface area contributed by atoms with Gasteiger partial charge in [-0.2, -0.15) is 0 Å². The van der Waals surface area contributed by atoms with E-state index in [0.29, 0.717) is 0 Å². The first-order chi connectivity index (χ1) is 14.7.